The van der Waals surface area contributed by atoms with E-state index in [0.717, 1.165) is 30.0 Å². The Morgan fingerprint density at radius 2 is 2.11 bits per heavy atom. The van der Waals surface area contributed by atoms with Crippen LogP contribution in [-0.4, -0.2) is 26.8 Å². The maximum atomic E-state index is 6.35. The number of ether oxygens (including phenoxy) is 1. The average molecular weight is 333 g/mol. The third kappa shape index (κ3) is 3.19. The molecule has 1 aromatic rings. The summed E-state index contributed by atoms with van der Waals surface area (Å²) in [5, 5.41) is 1.71. The highest BCUT2D eigenvalue weighted by Gasteiger charge is 2.22. The molecule has 0 atom stereocenters. The van der Waals surface area contributed by atoms with Gasteiger partial charge in [-0.25, -0.2) is 0 Å². The van der Waals surface area contributed by atoms with E-state index in [2.05, 4.69) is 26.9 Å². The number of nitrogens with zero attached hydrogens (tertiary/aromatic N) is 1. The number of para-hydroxylation sites is 1. The van der Waals surface area contributed by atoms with Crippen molar-refractivity contribution in [3.63, 3.8) is 0 Å². The number of piperidine rings is 1. The van der Waals surface area contributed by atoms with Crippen molar-refractivity contribution in [2.75, 3.05) is 31.7 Å². The smallest absolute Gasteiger partial charge is 0.0642 e. The highest BCUT2D eigenvalue weighted by Crippen LogP contribution is 2.34. The standard InChI is InChI=1S/C14H19BrClNO/c1-18-10-11-5-7-17(8-6-11)14-12(9-15)3-2-4-13(14)16/h2-4,11H,5-10H2,1H3. The number of alkyl halides is 1. The lowest BCUT2D eigenvalue weighted by Gasteiger charge is -2.35. The van der Waals surface area contributed by atoms with Crippen LogP contribution in [0.25, 0.3) is 0 Å². The second kappa shape index (κ2) is 6.78. The topological polar surface area (TPSA) is 12.5 Å². The molecule has 0 aliphatic carbocycles. The molecule has 100 valence electrons. The first-order valence-corrected chi connectivity index (χ1v) is 7.83. The number of hydrogen-bond donors (Lipinski definition) is 0. The van der Waals surface area contributed by atoms with Crippen molar-refractivity contribution >= 4 is 33.2 Å². The van der Waals surface area contributed by atoms with Gasteiger partial charge in [-0.15, -0.1) is 0 Å². The summed E-state index contributed by atoms with van der Waals surface area (Å²) in [4.78, 5) is 2.41. The Bertz CT molecular complexity index is 391. The number of rotatable bonds is 4. The number of halogens is 2. The van der Waals surface area contributed by atoms with Gasteiger partial charge in [0.15, 0.2) is 0 Å². The zero-order chi connectivity index (χ0) is 13.0. The minimum absolute atomic E-state index is 0.696. The lowest BCUT2D eigenvalue weighted by molar-refractivity contribution is 0.139. The maximum absolute atomic E-state index is 6.35. The zero-order valence-corrected chi connectivity index (χ0v) is 13.0. The van der Waals surface area contributed by atoms with Gasteiger partial charge in [-0.1, -0.05) is 39.7 Å². The van der Waals surface area contributed by atoms with Gasteiger partial charge in [0, 0.05) is 32.1 Å². The van der Waals surface area contributed by atoms with Crippen LogP contribution >= 0.6 is 27.5 Å². The van der Waals surface area contributed by atoms with E-state index in [1.54, 1.807) is 7.11 Å². The minimum atomic E-state index is 0.696. The van der Waals surface area contributed by atoms with Crippen LogP contribution in [0.2, 0.25) is 5.02 Å². The van der Waals surface area contributed by atoms with Crippen LogP contribution in [0.5, 0.6) is 0 Å². The summed E-state index contributed by atoms with van der Waals surface area (Å²) in [5.41, 5.74) is 2.47. The van der Waals surface area contributed by atoms with Crippen LogP contribution in [0.4, 0.5) is 5.69 Å². The largest absolute Gasteiger partial charge is 0.384 e. The van der Waals surface area contributed by atoms with Gasteiger partial charge in [-0.3, -0.25) is 0 Å². The summed E-state index contributed by atoms with van der Waals surface area (Å²) >= 11 is 9.89. The normalized spacial score (nSPS) is 17.2. The molecule has 1 aliphatic rings. The monoisotopic (exact) mass is 331 g/mol. The van der Waals surface area contributed by atoms with Gasteiger partial charge in [0.1, 0.15) is 0 Å². The zero-order valence-electron chi connectivity index (χ0n) is 10.7. The lowest BCUT2D eigenvalue weighted by atomic mass is 9.97. The van der Waals surface area contributed by atoms with Crippen molar-refractivity contribution in [3.05, 3.63) is 28.8 Å². The fourth-order valence-corrected chi connectivity index (χ4v) is 3.35. The number of anilines is 1. The molecular weight excluding hydrogens is 314 g/mol. The van der Waals surface area contributed by atoms with Crippen LogP contribution in [0.1, 0.15) is 18.4 Å². The van der Waals surface area contributed by atoms with Gasteiger partial charge in [-0.05, 0) is 30.4 Å². The summed E-state index contributed by atoms with van der Waals surface area (Å²) in [6.07, 6.45) is 2.36. The van der Waals surface area contributed by atoms with E-state index in [1.165, 1.54) is 24.1 Å². The predicted octanol–water partition coefficient (Wildman–Crippen LogP) is 4.10. The van der Waals surface area contributed by atoms with Crippen molar-refractivity contribution in [1.29, 1.82) is 0 Å². The van der Waals surface area contributed by atoms with Crippen molar-refractivity contribution in [2.45, 2.75) is 18.2 Å². The van der Waals surface area contributed by atoms with E-state index in [0.29, 0.717) is 5.92 Å². The SMILES string of the molecule is COCC1CCN(c2c(Cl)cccc2CBr)CC1. The Morgan fingerprint density at radius 3 is 2.72 bits per heavy atom. The lowest BCUT2D eigenvalue weighted by Crippen LogP contribution is -2.35. The quantitative estimate of drug-likeness (QED) is 0.770. The third-order valence-electron chi connectivity index (χ3n) is 3.55. The molecule has 0 bridgehead atoms. The molecular formula is C14H19BrClNO. The van der Waals surface area contributed by atoms with E-state index in [-0.39, 0.29) is 0 Å². The first kappa shape index (κ1) is 14.2. The molecule has 4 heteroatoms. The Morgan fingerprint density at radius 1 is 1.39 bits per heavy atom. The molecule has 0 unspecified atom stereocenters. The second-order valence-corrected chi connectivity index (χ2v) is 5.73. The van der Waals surface area contributed by atoms with Gasteiger partial charge in [0.2, 0.25) is 0 Å². The first-order valence-electron chi connectivity index (χ1n) is 6.33. The van der Waals surface area contributed by atoms with Gasteiger partial charge in [0.25, 0.3) is 0 Å². The number of hydrogen-bond acceptors (Lipinski definition) is 2. The van der Waals surface area contributed by atoms with E-state index >= 15 is 0 Å². The molecule has 2 nitrogen and oxygen atoms in total. The molecule has 0 aromatic heterocycles. The average Bonchev–Trinajstić information content (AvgIpc) is 2.40. The van der Waals surface area contributed by atoms with Crippen LogP contribution in [0.3, 0.4) is 0 Å². The van der Waals surface area contributed by atoms with E-state index in [1.807, 2.05) is 12.1 Å². The number of methoxy groups -OCH3 is 1. The van der Waals surface area contributed by atoms with Crippen molar-refractivity contribution in [2.24, 2.45) is 5.92 Å². The summed E-state index contributed by atoms with van der Waals surface area (Å²) in [6.45, 7) is 3.01. The van der Waals surface area contributed by atoms with Gasteiger partial charge in [-0.2, -0.15) is 0 Å². The second-order valence-electron chi connectivity index (χ2n) is 4.77. The van der Waals surface area contributed by atoms with Crippen LogP contribution in [0.15, 0.2) is 18.2 Å². The molecule has 0 amide bonds. The molecule has 1 saturated heterocycles. The predicted molar refractivity (Wildman–Crippen MR) is 80.9 cm³/mol. The van der Waals surface area contributed by atoms with Gasteiger partial charge >= 0.3 is 0 Å². The van der Waals surface area contributed by atoms with Crippen molar-refractivity contribution in [3.8, 4) is 0 Å². The number of benzene rings is 1. The highest BCUT2D eigenvalue weighted by atomic mass is 79.9. The van der Waals surface area contributed by atoms with Gasteiger partial charge in [0.05, 0.1) is 10.7 Å². The van der Waals surface area contributed by atoms with E-state index in [9.17, 15) is 0 Å². The Hall–Kier alpha value is -0.250. The van der Waals surface area contributed by atoms with Crippen molar-refractivity contribution in [1.82, 2.24) is 0 Å². The molecule has 1 aliphatic heterocycles. The molecule has 1 aromatic carbocycles. The van der Waals surface area contributed by atoms with E-state index in [4.69, 9.17) is 16.3 Å². The summed E-state index contributed by atoms with van der Waals surface area (Å²) in [5.74, 6) is 0.696. The third-order valence-corrected chi connectivity index (χ3v) is 4.46. The molecule has 0 saturated carbocycles. The summed E-state index contributed by atoms with van der Waals surface area (Å²) in [6, 6.07) is 6.13. The highest BCUT2D eigenvalue weighted by molar-refractivity contribution is 9.08. The first-order chi connectivity index (χ1) is 8.76. The Balaban J connectivity index is 2.09. The fourth-order valence-electron chi connectivity index (χ4n) is 2.58. The minimum Gasteiger partial charge on any atom is -0.384 e. The molecule has 1 heterocycles. The summed E-state index contributed by atoms with van der Waals surface area (Å²) in [7, 11) is 1.78. The molecule has 18 heavy (non-hydrogen) atoms. The molecule has 1 fully saturated rings. The maximum Gasteiger partial charge on any atom is 0.0642 e. The molecule has 0 spiro atoms. The Labute approximate surface area is 122 Å². The van der Waals surface area contributed by atoms with E-state index < -0.39 is 0 Å². The van der Waals surface area contributed by atoms with Gasteiger partial charge < -0.3 is 9.64 Å². The summed E-state index contributed by atoms with van der Waals surface area (Å²) < 4.78 is 5.24. The van der Waals surface area contributed by atoms with Crippen LogP contribution < -0.4 is 4.90 Å². The fraction of sp³-hybridized carbons (Fsp3) is 0.571. The molecule has 0 radical (unpaired) electrons. The Kier molecular flexibility index (Phi) is 5.34. The molecule has 0 N–H and O–H groups in total. The van der Waals surface area contributed by atoms with Crippen LogP contribution in [0, 0.1) is 5.92 Å². The molecule has 2 rings (SSSR count). The van der Waals surface area contributed by atoms with Crippen LogP contribution in [-0.2, 0) is 10.1 Å². The van der Waals surface area contributed by atoms with Crippen molar-refractivity contribution < 1.29 is 4.74 Å².